The number of fused-ring (bicyclic) bond motifs is 5. The van der Waals surface area contributed by atoms with Crippen LogP contribution in [0.4, 0.5) is 0 Å². The van der Waals surface area contributed by atoms with Crippen LogP contribution < -0.4 is 0 Å². The van der Waals surface area contributed by atoms with Crippen LogP contribution in [0.5, 0.6) is 0 Å². The fourth-order valence-corrected chi connectivity index (χ4v) is 11.3. The molecule has 3 fully saturated rings. The molecule has 0 amide bonds. The van der Waals surface area contributed by atoms with Gasteiger partial charge >= 0.3 is 5.97 Å². The second kappa shape index (κ2) is 20.8. The molecule has 4 aliphatic carbocycles. The molecular formula is C48H82O2. The Labute approximate surface area is 311 Å². The van der Waals surface area contributed by atoms with Crippen LogP contribution in [0.1, 0.15) is 203 Å². The first kappa shape index (κ1) is 41.4. The lowest BCUT2D eigenvalue weighted by Crippen LogP contribution is -2.51. The van der Waals surface area contributed by atoms with E-state index < -0.39 is 0 Å². The van der Waals surface area contributed by atoms with Crippen LogP contribution in [0, 0.1) is 52.3 Å². The van der Waals surface area contributed by atoms with Crippen LogP contribution in [0.15, 0.2) is 36.0 Å². The maximum Gasteiger partial charge on any atom is 0.306 e. The second-order valence-electron chi connectivity index (χ2n) is 18.7. The summed E-state index contributed by atoms with van der Waals surface area (Å²) >= 11 is 0. The lowest BCUT2D eigenvalue weighted by atomic mass is 9.47. The van der Waals surface area contributed by atoms with E-state index in [9.17, 15) is 4.79 Å². The van der Waals surface area contributed by atoms with Crippen LogP contribution in [-0.4, -0.2) is 12.1 Å². The summed E-state index contributed by atoms with van der Waals surface area (Å²) in [5.41, 5.74) is 2.44. The van der Waals surface area contributed by atoms with Gasteiger partial charge in [0.2, 0.25) is 0 Å². The van der Waals surface area contributed by atoms with E-state index in [1.807, 2.05) is 0 Å². The SMILES string of the molecule is CCCCCCCC/C=C/CCCCCCCCCC(=O)OC1CCC2(C)C(=CCC3C2CCC2(C)C(C(C)/C=C/C(C)C(C)C)CCC32)C1. The Kier molecular flexibility index (Phi) is 17.2. The predicted molar refractivity (Wildman–Crippen MR) is 216 cm³/mol. The summed E-state index contributed by atoms with van der Waals surface area (Å²) in [6.07, 6.45) is 43.0. The highest BCUT2D eigenvalue weighted by Gasteiger charge is 2.59. The number of esters is 1. The van der Waals surface area contributed by atoms with Crippen LogP contribution in [-0.2, 0) is 9.53 Å². The zero-order chi connectivity index (χ0) is 36.0. The third-order valence-corrected chi connectivity index (χ3v) is 15.0. The molecule has 50 heavy (non-hydrogen) atoms. The maximum atomic E-state index is 12.8. The largest absolute Gasteiger partial charge is 0.462 e. The summed E-state index contributed by atoms with van der Waals surface area (Å²) in [5, 5.41) is 0. The summed E-state index contributed by atoms with van der Waals surface area (Å²) in [6, 6.07) is 0. The number of allylic oxidation sites excluding steroid dienone is 5. The molecule has 0 heterocycles. The summed E-state index contributed by atoms with van der Waals surface area (Å²) in [7, 11) is 0. The number of carbonyl (C=O) groups excluding carboxylic acids is 1. The average Bonchev–Trinajstić information content (AvgIpc) is 3.45. The first-order valence-electron chi connectivity index (χ1n) is 22.3. The van der Waals surface area contributed by atoms with E-state index in [4.69, 9.17) is 4.74 Å². The Morgan fingerprint density at radius 2 is 1.42 bits per heavy atom. The van der Waals surface area contributed by atoms with Crippen LogP contribution in [0.3, 0.4) is 0 Å². The van der Waals surface area contributed by atoms with Crippen molar-refractivity contribution in [3.8, 4) is 0 Å². The minimum Gasteiger partial charge on any atom is -0.462 e. The van der Waals surface area contributed by atoms with Crippen molar-refractivity contribution in [2.45, 2.75) is 209 Å². The van der Waals surface area contributed by atoms with Crippen LogP contribution >= 0.6 is 0 Å². The summed E-state index contributed by atoms with van der Waals surface area (Å²) in [4.78, 5) is 12.8. The Bertz CT molecular complexity index is 1080. The lowest BCUT2D eigenvalue weighted by molar-refractivity contribution is -0.151. The van der Waals surface area contributed by atoms with E-state index in [1.165, 1.54) is 122 Å². The Morgan fingerprint density at radius 1 is 0.780 bits per heavy atom. The molecule has 9 unspecified atom stereocenters. The first-order chi connectivity index (χ1) is 24.1. The number of ether oxygens (including phenoxy) is 1. The minimum absolute atomic E-state index is 0.0528. The van der Waals surface area contributed by atoms with Crippen molar-refractivity contribution in [2.75, 3.05) is 0 Å². The third-order valence-electron chi connectivity index (χ3n) is 15.0. The molecule has 3 saturated carbocycles. The quantitative estimate of drug-likeness (QED) is 0.0642. The van der Waals surface area contributed by atoms with Gasteiger partial charge in [0.1, 0.15) is 6.10 Å². The van der Waals surface area contributed by atoms with Crippen molar-refractivity contribution in [3.63, 3.8) is 0 Å². The number of hydrogen-bond acceptors (Lipinski definition) is 2. The van der Waals surface area contributed by atoms with Crippen molar-refractivity contribution in [1.29, 1.82) is 0 Å². The van der Waals surface area contributed by atoms with E-state index in [2.05, 4.69) is 78.8 Å². The van der Waals surface area contributed by atoms with Gasteiger partial charge in [0.25, 0.3) is 0 Å². The van der Waals surface area contributed by atoms with Gasteiger partial charge in [-0.25, -0.2) is 0 Å². The summed E-state index contributed by atoms with van der Waals surface area (Å²) in [5.74, 6) is 5.47. The number of carbonyl (C=O) groups is 1. The van der Waals surface area contributed by atoms with E-state index in [0.29, 0.717) is 29.1 Å². The first-order valence-corrected chi connectivity index (χ1v) is 22.3. The molecule has 0 radical (unpaired) electrons. The van der Waals surface area contributed by atoms with Gasteiger partial charge < -0.3 is 4.74 Å². The lowest BCUT2D eigenvalue weighted by Gasteiger charge is -2.58. The monoisotopic (exact) mass is 691 g/mol. The average molecular weight is 691 g/mol. The smallest absolute Gasteiger partial charge is 0.306 e. The Hall–Kier alpha value is -1.31. The molecule has 2 heteroatoms. The fraction of sp³-hybridized carbons (Fsp3) is 0.854. The van der Waals surface area contributed by atoms with Crippen molar-refractivity contribution in [2.24, 2.45) is 52.3 Å². The third kappa shape index (κ3) is 11.3. The molecular weight excluding hydrogens is 609 g/mol. The number of unbranched alkanes of at least 4 members (excludes halogenated alkanes) is 13. The zero-order valence-electron chi connectivity index (χ0n) is 34.3. The molecule has 0 aliphatic heterocycles. The molecule has 0 aromatic rings. The van der Waals surface area contributed by atoms with Crippen LogP contribution in [0.2, 0.25) is 0 Å². The van der Waals surface area contributed by atoms with Gasteiger partial charge in [0.05, 0.1) is 0 Å². The molecule has 0 N–H and O–H groups in total. The van der Waals surface area contributed by atoms with Crippen molar-refractivity contribution in [3.05, 3.63) is 36.0 Å². The molecule has 0 aromatic carbocycles. The predicted octanol–water partition coefficient (Wildman–Crippen LogP) is 14.8. The van der Waals surface area contributed by atoms with Gasteiger partial charge in [-0.2, -0.15) is 0 Å². The van der Waals surface area contributed by atoms with Gasteiger partial charge in [-0.05, 0) is 129 Å². The summed E-state index contributed by atoms with van der Waals surface area (Å²) in [6.45, 7) is 17.1. The van der Waals surface area contributed by atoms with E-state index in [0.717, 1.165) is 55.3 Å². The van der Waals surface area contributed by atoms with Crippen molar-refractivity contribution >= 4 is 5.97 Å². The Balaban J connectivity index is 1.10. The van der Waals surface area contributed by atoms with Gasteiger partial charge in [-0.1, -0.05) is 149 Å². The highest BCUT2D eigenvalue weighted by molar-refractivity contribution is 5.69. The van der Waals surface area contributed by atoms with Gasteiger partial charge in [-0.15, -0.1) is 0 Å². The van der Waals surface area contributed by atoms with Gasteiger partial charge in [-0.3, -0.25) is 4.79 Å². The minimum atomic E-state index is 0.0528. The molecule has 0 spiro atoms. The van der Waals surface area contributed by atoms with Gasteiger partial charge in [0.15, 0.2) is 0 Å². The molecule has 2 nitrogen and oxygen atoms in total. The van der Waals surface area contributed by atoms with E-state index in [-0.39, 0.29) is 12.1 Å². The van der Waals surface area contributed by atoms with E-state index in [1.54, 1.807) is 5.57 Å². The standard InChI is InChI=1S/C48H82O2/c1-8-9-10-11-12-13-14-15-16-17-18-19-20-21-22-23-24-25-46(49)50-41-32-34-47(6)40(36-41)28-29-42-44-31-30-43(48(44,7)35-33-45(42)47)39(5)27-26-38(4)37(2)3/h15-16,26-28,37-39,41-45H,8-14,17-25,29-36H2,1-7H3/b16-15+,27-26+. The second-order valence-corrected chi connectivity index (χ2v) is 18.7. The molecule has 0 bridgehead atoms. The fourth-order valence-electron chi connectivity index (χ4n) is 11.3. The number of hydrogen-bond donors (Lipinski definition) is 0. The Morgan fingerprint density at radius 3 is 2.08 bits per heavy atom. The highest BCUT2D eigenvalue weighted by atomic mass is 16.5. The maximum absolute atomic E-state index is 12.8. The summed E-state index contributed by atoms with van der Waals surface area (Å²) < 4.78 is 6.14. The highest BCUT2D eigenvalue weighted by Crippen LogP contribution is 2.67. The van der Waals surface area contributed by atoms with Crippen LogP contribution in [0.25, 0.3) is 0 Å². The topological polar surface area (TPSA) is 26.3 Å². The van der Waals surface area contributed by atoms with Crippen molar-refractivity contribution < 1.29 is 9.53 Å². The molecule has 286 valence electrons. The van der Waals surface area contributed by atoms with Gasteiger partial charge in [0, 0.05) is 12.8 Å². The molecule has 0 aromatic heterocycles. The molecule has 0 saturated heterocycles. The van der Waals surface area contributed by atoms with Crippen molar-refractivity contribution in [1.82, 2.24) is 0 Å². The van der Waals surface area contributed by atoms with E-state index >= 15 is 0 Å². The molecule has 9 atom stereocenters. The molecule has 4 rings (SSSR count). The molecule has 4 aliphatic rings. The number of rotatable bonds is 22. The zero-order valence-corrected chi connectivity index (χ0v) is 34.3. The normalized spacial score (nSPS) is 32.2.